The highest BCUT2D eigenvalue weighted by molar-refractivity contribution is 7.94. The quantitative estimate of drug-likeness (QED) is 0.589. The summed E-state index contributed by atoms with van der Waals surface area (Å²) in [5.74, 6) is 2.61. The van der Waals surface area contributed by atoms with Gasteiger partial charge in [-0.3, -0.25) is 0 Å². The second-order valence-corrected chi connectivity index (χ2v) is 13.7. The molecular formula is C26H37N5O4S. The summed E-state index contributed by atoms with van der Waals surface area (Å²) in [7, 11) is -3.22. The van der Waals surface area contributed by atoms with Crippen LogP contribution < -0.4 is 9.80 Å². The zero-order valence-corrected chi connectivity index (χ0v) is 22.9. The molecule has 9 nitrogen and oxygen atoms in total. The van der Waals surface area contributed by atoms with Gasteiger partial charge >= 0.3 is 6.09 Å². The number of likely N-dealkylation sites (tertiary alicyclic amines) is 1. The molecule has 196 valence electrons. The molecule has 0 spiro atoms. The number of anilines is 2. The van der Waals surface area contributed by atoms with Crippen LogP contribution in [0, 0.1) is 11.8 Å². The van der Waals surface area contributed by atoms with Crippen molar-refractivity contribution in [1.29, 1.82) is 0 Å². The average Bonchev–Trinajstić information content (AvgIpc) is 3.12. The monoisotopic (exact) mass is 515 g/mol. The Kier molecular flexibility index (Phi) is 5.89. The van der Waals surface area contributed by atoms with E-state index < -0.39 is 15.4 Å². The van der Waals surface area contributed by atoms with Gasteiger partial charge in [0.25, 0.3) is 0 Å². The van der Waals surface area contributed by atoms with Crippen LogP contribution in [0.4, 0.5) is 16.4 Å². The molecule has 1 amide bonds. The summed E-state index contributed by atoms with van der Waals surface area (Å²) < 4.78 is 29.7. The molecule has 0 aromatic carbocycles. The molecule has 1 saturated carbocycles. The normalized spacial score (nSPS) is 29.3. The SMILES string of the molecule is CCN(c1cc(N2CCC3=CC(S(C)(=O)=O)=CCC32C)ncn1)C1C2CN(C(=O)OC(C)(C)C)C[C@H]21. The summed E-state index contributed by atoms with van der Waals surface area (Å²) in [6.07, 6.45) is 7.79. The van der Waals surface area contributed by atoms with Crippen LogP contribution in [0.1, 0.15) is 47.5 Å². The second-order valence-electron chi connectivity index (χ2n) is 11.7. The lowest BCUT2D eigenvalue weighted by Gasteiger charge is -2.38. The van der Waals surface area contributed by atoms with Gasteiger partial charge in [-0.15, -0.1) is 0 Å². The lowest BCUT2D eigenvalue weighted by Crippen LogP contribution is -2.44. The number of rotatable bonds is 5. The number of fused-ring (bicyclic) bond motifs is 2. The van der Waals surface area contributed by atoms with Gasteiger partial charge in [-0.05, 0) is 59.1 Å². The molecule has 4 aliphatic rings. The van der Waals surface area contributed by atoms with Gasteiger partial charge in [0.15, 0.2) is 9.84 Å². The highest BCUT2D eigenvalue weighted by atomic mass is 32.2. The van der Waals surface area contributed by atoms with Crippen molar-refractivity contribution in [3.05, 3.63) is 35.0 Å². The molecule has 1 aromatic heterocycles. The lowest BCUT2D eigenvalue weighted by atomic mass is 9.85. The summed E-state index contributed by atoms with van der Waals surface area (Å²) in [6, 6.07) is 2.42. The van der Waals surface area contributed by atoms with Gasteiger partial charge < -0.3 is 19.4 Å². The number of allylic oxidation sites excluding steroid dienone is 1. The van der Waals surface area contributed by atoms with E-state index in [0.717, 1.165) is 36.7 Å². The fourth-order valence-corrected chi connectivity index (χ4v) is 6.89. The van der Waals surface area contributed by atoms with Crippen LogP contribution in [-0.4, -0.2) is 79.0 Å². The number of ether oxygens (including phenoxy) is 1. The molecule has 3 heterocycles. The van der Waals surface area contributed by atoms with Crippen molar-refractivity contribution in [2.24, 2.45) is 11.8 Å². The first kappa shape index (κ1) is 25.0. The van der Waals surface area contributed by atoms with Crippen molar-refractivity contribution in [2.45, 2.75) is 64.6 Å². The standard InChI is InChI=1S/C26H37N5O4S/c1-7-30(23-19-14-29(15-20(19)23)24(32)35-25(2,3)4)21-13-22(28-16-27-21)31-11-9-17-12-18(36(6,33)34)8-10-26(17,31)5/h8,12-13,16,19-20,23H,7,9-11,14-15H2,1-6H3/t19-,20?,23?,26?/m1/s1. The third kappa shape index (κ3) is 4.37. The van der Waals surface area contributed by atoms with E-state index in [9.17, 15) is 13.2 Å². The van der Waals surface area contributed by atoms with E-state index >= 15 is 0 Å². The minimum Gasteiger partial charge on any atom is -0.444 e. The Labute approximate surface area is 214 Å². The highest BCUT2D eigenvalue weighted by Crippen LogP contribution is 2.50. The van der Waals surface area contributed by atoms with E-state index in [4.69, 9.17) is 4.74 Å². The molecule has 1 aromatic rings. The minimum atomic E-state index is -3.22. The van der Waals surface area contributed by atoms with E-state index in [1.807, 2.05) is 37.8 Å². The Morgan fingerprint density at radius 1 is 1.25 bits per heavy atom. The first-order valence-corrected chi connectivity index (χ1v) is 14.7. The average molecular weight is 516 g/mol. The maximum Gasteiger partial charge on any atom is 0.410 e. The maximum atomic E-state index is 12.5. The number of hydrogen-bond acceptors (Lipinski definition) is 8. The van der Waals surface area contributed by atoms with Crippen LogP contribution in [0.5, 0.6) is 0 Å². The molecule has 2 saturated heterocycles. The van der Waals surface area contributed by atoms with E-state index in [-0.39, 0.29) is 11.6 Å². The molecular weight excluding hydrogens is 478 g/mol. The number of sulfone groups is 1. The van der Waals surface area contributed by atoms with Crippen molar-refractivity contribution in [1.82, 2.24) is 14.9 Å². The first-order valence-electron chi connectivity index (χ1n) is 12.8. The third-order valence-corrected chi connectivity index (χ3v) is 9.19. The predicted molar refractivity (Wildman–Crippen MR) is 140 cm³/mol. The summed E-state index contributed by atoms with van der Waals surface area (Å²) >= 11 is 0. The van der Waals surface area contributed by atoms with Crippen molar-refractivity contribution >= 4 is 27.6 Å². The third-order valence-electron chi connectivity index (χ3n) is 8.05. The molecule has 5 rings (SSSR count). The minimum absolute atomic E-state index is 0.229. The van der Waals surface area contributed by atoms with Crippen LogP contribution >= 0.6 is 0 Å². The molecule has 2 aliphatic carbocycles. The van der Waals surface area contributed by atoms with Crippen molar-refractivity contribution in [3.8, 4) is 0 Å². The Morgan fingerprint density at radius 2 is 1.94 bits per heavy atom. The number of hydrogen-bond donors (Lipinski definition) is 0. The number of carbonyl (C=O) groups excluding carboxylic acids is 1. The summed E-state index contributed by atoms with van der Waals surface area (Å²) in [5.41, 5.74) is 0.357. The molecule has 3 unspecified atom stereocenters. The zero-order valence-electron chi connectivity index (χ0n) is 22.1. The fourth-order valence-electron chi connectivity index (χ4n) is 6.15. The molecule has 0 N–H and O–H groups in total. The van der Waals surface area contributed by atoms with Gasteiger partial charge in [0.1, 0.15) is 23.6 Å². The largest absolute Gasteiger partial charge is 0.444 e. The summed E-state index contributed by atoms with van der Waals surface area (Å²) in [6.45, 7) is 13.0. The maximum absolute atomic E-state index is 12.5. The van der Waals surface area contributed by atoms with Crippen LogP contribution in [0.3, 0.4) is 0 Å². The molecule has 0 bridgehead atoms. The van der Waals surface area contributed by atoms with Crippen LogP contribution in [-0.2, 0) is 14.6 Å². The summed E-state index contributed by atoms with van der Waals surface area (Å²) in [5, 5.41) is 0. The fraction of sp³-hybridized carbons (Fsp3) is 0.654. The Balaban J connectivity index is 1.30. The Hall–Kier alpha value is -2.62. The van der Waals surface area contributed by atoms with Gasteiger partial charge in [-0.1, -0.05) is 6.08 Å². The molecule has 36 heavy (non-hydrogen) atoms. The lowest BCUT2D eigenvalue weighted by molar-refractivity contribution is 0.0271. The zero-order chi connectivity index (χ0) is 26.0. The van der Waals surface area contributed by atoms with Crippen LogP contribution in [0.25, 0.3) is 0 Å². The van der Waals surface area contributed by atoms with Crippen molar-refractivity contribution in [3.63, 3.8) is 0 Å². The van der Waals surface area contributed by atoms with Crippen molar-refractivity contribution in [2.75, 3.05) is 42.2 Å². The number of carbonyl (C=O) groups is 1. The van der Waals surface area contributed by atoms with Gasteiger partial charge in [-0.25, -0.2) is 23.2 Å². The van der Waals surface area contributed by atoms with Gasteiger partial charge in [0, 0.05) is 56.4 Å². The van der Waals surface area contributed by atoms with Crippen molar-refractivity contribution < 1.29 is 17.9 Å². The number of piperidine rings is 1. The van der Waals surface area contributed by atoms with Crippen LogP contribution in [0.15, 0.2) is 35.0 Å². The topological polar surface area (TPSA) is 95.9 Å². The van der Waals surface area contributed by atoms with Crippen LogP contribution in [0.2, 0.25) is 0 Å². The first-order chi connectivity index (χ1) is 16.8. The molecule has 3 fully saturated rings. The van der Waals surface area contributed by atoms with E-state index in [1.165, 1.54) is 6.26 Å². The number of nitrogens with zero attached hydrogens (tertiary/aromatic N) is 5. The van der Waals surface area contributed by atoms with Gasteiger partial charge in [0.2, 0.25) is 0 Å². The second kappa shape index (κ2) is 8.46. The van der Waals surface area contributed by atoms with E-state index in [1.54, 1.807) is 6.33 Å². The molecule has 2 aliphatic heterocycles. The summed E-state index contributed by atoms with van der Waals surface area (Å²) in [4.78, 5) is 28.6. The Morgan fingerprint density at radius 3 is 2.56 bits per heavy atom. The van der Waals surface area contributed by atoms with E-state index in [2.05, 4.69) is 39.7 Å². The number of amides is 1. The Bertz CT molecular complexity index is 1220. The molecule has 4 atom stereocenters. The molecule has 0 radical (unpaired) electrons. The van der Waals surface area contributed by atoms with Gasteiger partial charge in [-0.2, -0.15) is 0 Å². The van der Waals surface area contributed by atoms with E-state index in [0.29, 0.717) is 42.3 Å². The highest BCUT2D eigenvalue weighted by Gasteiger charge is 2.60. The molecule has 10 heteroatoms. The number of aromatic nitrogens is 2. The van der Waals surface area contributed by atoms with Gasteiger partial charge in [0.05, 0.1) is 10.4 Å². The smallest absolute Gasteiger partial charge is 0.410 e. The predicted octanol–water partition coefficient (Wildman–Crippen LogP) is 3.40.